The minimum Gasteiger partial charge on any atom is -0.384 e. The molecule has 214 valence electrons. The number of amides is 4. The number of nitrogens with two attached hydrogens (primary N) is 4. The molecule has 13 heteroatoms. The Labute approximate surface area is 232 Å². The lowest BCUT2D eigenvalue weighted by Crippen LogP contribution is -2.55. The van der Waals surface area contributed by atoms with E-state index < -0.39 is 41.6 Å². The molecule has 0 aromatic heterocycles. The number of aliphatic imine (C=N–C) groups is 1. The van der Waals surface area contributed by atoms with Crippen LogP contribution in [0.25, 0.3) is 0 Å². The molecule has 2 unspecified atom stereocenters. The van der Waals surface area contributed by atoms with Gasteiger partial charge in [-0.1, -0.05) is 54.6 Å². The Morgan fingerprint density at radius 3 is 1.95 bits per heavy atom. The Balaban J connectivity index is 2.24. The van der Waals surface area contributed by atoms with E-state index in [1.807, 2.05) is 6.07 Å². The normalized spacial score (nSPS) is 12.7. The number of carbonyl (C=O) groups excluding carboxylic acids is 4. The maximum Gasteiger partial charge on any atom is 0.243 e. The second-order valence-electron chi connectivity index (χ2n) is 9.14. The molecule has 2 rings (SSSR count). The Morgan fingerprint density at radius 2 is 1.40 bits per heavy atom. The average Bonchev–Trinajstić information content (AvgIpc) is 2.92. The van der Waals surface area contributed by atoms with Crippen molar-refractivity contribution in [1.82, 2.24) is 16.0 Å². The maximum absolute atomic E-state index is 13.4. The van der Waals surface area contributed by atoms with Gasteiger partial charge in [0.05, 0.1) is 0 Å². The van der Waals surface area contributed by atoms with Gasteiger partial charge in [-0.05, 0) is 30.4 Å². The number of amidine groups is 1. The average molecular weight is 552 g/mol. The minimum absolute atomic E-state index is 0.0398. The molecule has 0 fully saturated rings. The molecule has 13 nitrogen and oxygen atoms in total. The Morgan fingerprint density at radius 1 is 0.800 bits per heavy atom. The topological polar surface area (TPSA) is 245 Å². The molecule has 12 N–H and O–H groups in total. The minimum atomic E-state index is -1.16. The monoisotopic (exact) mass is 551 g/mol. The van der Waals surface area contributed by atoms with Crippen LogP contribution in [0.2, 0.25) is 0 Å². The molecule has 3 atom stereocenters. The third-order valence-corrected chi connectivity index (χ3v) is 6.11. The Kier molecular flexibility index (Phi) is 12.1. The van der Waals surface area contributed by atoms with Crippen molar-refractivity contribution in [3.8, 4) is 0 Å². The van der Waals surface area contributed by atoms with Crippen LogP contribution in [-0.2, 0) is 32.0 Å². The third kappa shape index (κ3) is 10.1. The van der Waals surface area contributed by atoms with E-state index in [1.165, 1.54) is 7.05 Å². The summed E-state index contributed by atoms with van der Waals surface area (Å²) in [4.78, 5) is 55.3. The quantitative estimate of drug-likeness (QED) is 0.0570. The zero-order chi connectivity index (χ0) is 29.7. The predicted molar refractivity (Wildman–Crippen MR) is 152 cm³/mol. The van der Waals surface area contributed by atoms with Crippen molar-refractivity contribution >= 4 is 35.4 Å². The first kappa shape index (κ1) is 31.3. The number of nitrogens with one attached hydrogen (secondary N) is 4. The number of hydrogen-bond donors (Lipinski definition) is 8. The number of nitrogen functional groups attached to an aromatic ring is 1. The second-order valence-corrected chi connectivity index (χ2v) is 9.14. The van der Waals surface area contributed by atoms with Crippen molar-refractivity contribution in [1.29, 1.82) is 5.41 Å². The molecule has 0 aliphatic carbocycles. The molecule has 4 amide bonds. The maximum atomic E-state index is 13.4. The van der Waals surface area contributed by atoms with E-state index >= 15 is 0 Å². The van der Waals surface area contributed by atoms with Gasteiger partial charge >= 0.3 is 0 Å². The third-order valence-electron chi connectivity index (χ3n) is 6.11. The summed E-state index contributed by atoms with van der Waals surface area (Å²) in [5, 5.41) is 15.3. The van der Waals surface area contributed by atoms with Crippen molar-refractivity contribution < 1.29 is 19.2 Å². The molecule has 40 heavy (non-hydrogen) atoms. The van der Waals surface area contributed by atoms with Gasteiger partial charge in [-0.25, -0.2) is 0 Å². The summed E-state index contributed by atoms with van der Waals surface area (Å²) in [6.45, 7) is 0.243. The largest absolute Gasteiger partial charge is 0.384 e. The number of carbonyl (C=O) groups is 4. The lowest BCUT2D eigenvalue weighted by molar-refractivity contribution is -0.137. The van der Waals surface area contributed by atoms with Crippen LogP contribution in [0.3, 0.4) is 0 Å². The SMILES string of the molecule is CNC(=O)C(Cc1ccc(C(=N)N)cc1)C(=O)NC(Cc1ccccc1)C(=O)N[C@@H](CCCN=C(N)N)C(N)=O. The van der Waals surface area contributed by atoms with Gasteiger partial charge in [-0.3, -0.25) is 29.6 Å². The van der Waals surface area contributed by atoms with Gasteiger partial charge < -0.3 is 38.9 Å². The summed E-state index contributed by atoms with van der Waals surface area (Å²) in [7, 11) is 1.41. The van der Waals surface area contributed by atoms with Gasteiger partial charge in [0.15, 0.2) is 5.96 Å². The summed E-state index contributed by atoms with van der Waals surface area (Å²) in [6, 6.07) is 13.4. The van der Waals surface area contributed by atoms with Gasteiger partial charge in [0.2, 0.25) is 23.6 Å². The summed E-state index contributed by atoms with van der Waals surface area (Å²) in [6.07, 6.45) is 0.702. The van der Waals surface area contributed by atoms with Crippen LogP contribution in [0, 0.1) is 11.3 Å². The van der Waals surface area contributed by atoms with Gasteiger partial charge in [0.25, 0.3) is 0 Å². The second kappa shape index (κ2) is 15.5. The summed E-state index contributed by atoms with van der Waals surface area (Å²) in [5.74, 6) is -3.95. The van der Waals surface area contributed by atoms with Crippen LogP contribution < -0.4 is 38.9 Å². The molecule has 2 aromatic rings. The molecular weight excluding hydrogens is 514 g/mol. The molecule has 0 aliphatic rings. The zero-order valence-corrected chi connectivity index (χ0v) is 22.4. The fourth-order valence-electron chi connectivity index (χ4n) is 3.93. The highest BCUT2D eigenvalue weighted by molar-refractivity contribution is 6.02. The molecule has 0 bridgehead atoms. The standard InChI is InChI=1S/C27H37N9O4/c1-33-24(38)19(14-17-9-11-18(12-10-17)22(28)29)25(39)36-21(15-16-6-3-2-4-7-16)26(40)35-20(23(30)37)8-5-13-34-27(31)32/h2-4,6-7,9-12,19-21H,5,8,13-15H2,1H3,(H3,28,29)(H2,30,37)(H,33,38)(H,35,40)(H,36,39)(H4,31,32,34)/t19?,20-,21?/m0/s1. The summed E-state index contributed by atoms with van der Waals surface area (Å²) >= 11 is 0. The number of benzene rings is 2. The highest BCUT2D eigenvalue weighted by Crippen LogP contribution is 2.13. The fraction of sp³-hybridized carbons (Fsp3) is 0.333. The van der Waals surface area contributed by atoms with Crippen LogP contribution in [0.5, 0.6) is 0 Å². The van der Waals surface area contributed by atoms with Crippen molar-refractivity contribution in [2.45, 2.75) is 37.8 Å². The Bertz CT molecular complexity index is 1210. The molecule has 0 radical (unpaired) electrons. The van der Waals surface area contributed by atoms with Gasteiger partial charge in [-0.15, -0.1) is 0 Å². The molecular formula is C27H37N9O4. The van der Waals surface area contributed by atoms with Crippen LogP contribution in [-0.4, -0.2) is 61.1 Å². The number of nitrogens with zero attached hydrogens (tertiary/aromatic N) is 1. The van der Waals surface area contributed by atoms with Crippen molar-refractivity contribution in [2.24, 2.45) is 33.8 Å². The predicted octanol–water partition coefficient (Wildman–Crippen LogP) is -1.37. The van der Waals surface area contributed by atoms with E-state index in [4.69, 9.17) is 28.3 Å². The molecule has 0 spiro atoms. The lowest BCUT2D eigenvalue weighted by atomic mass is 9.95. The van der Waals surface area contributed by atoms with Crippen LogP contribution in [0.4, 0.5) is 0 Å². The van der Waals surface area contributed by atoms with E-state index in [1.54, 1.807) is 48.5 Å². The van der Waals surface area contributed by atoms with Crippen LogP contribution in [0.15, 0.2) is 59.6 Å². The van der Waals surface area contributed by atoms with Gasteiger partial charge in [-0.2, -0.15) is 0 Å². The van der Waals surface area contributed by atoms with E-state index in [2.05, 4.69) is 20.9 Å². The zero-order valence-electron chi connectivity index (χ0n) is 22.4. The molecule has 0 saturated heterocycles. The highest BCUT2D eigenvalue weighted by Gasteiger charge is 2.31. The van der Waals surface area contributed by atoms with Crippen molar-refractivity contribution in [2.75, 3.05) is 13.6 Å². The van der Waals surface area contributed by atoms with E-state index in [0.29, 0.717) is 17.5 Å². The number of guanidine groups is 1. The van der Waals surface area contributed by atoms with Crippen LogP contribution >= 0.6 is 0 Å². The van der Waals surface area contributed by atoms with E-state index in [9.17, 15) is 19.2 Å². The first-order chi connectivity index (χ1) is 19.0. The van der Waals surface area contributed by atoms with E-state index in [0.717, 1.165) is 5.56 Å². The van der Waals surface area contributed by atoms with Crippen molar-refractivity contribution in [3.05, 3.63) is 71.3 Å². The first-order valence-corrected chi connectivity index (χ1v) is 12.7. The highest BCUT2D eigenvalue weighted by atomic mass is 16.2. The van der Waals surface area contributed by atoms with Gasteiger partial charge in [0.1, 0.15) is 23.8 Å². The summed E-state index contributed by atoms with van der Waals surface area (Å²) < 4.78 is 0. The van der Waals surface area contributed by atoms with E-state index in [-0.39, 0.29) is 37.6 Å². The number of hydrogen-bond acceptors (Lipinski definition) is 6. The molecule has 0 aliphatic heterocycles. The van der Waals surface area contributed by atoms with Crippen LogP contribution in [0.1, 0.15) is 29.5 Å². The fourth-order valence-corrected chi connectivity index (χ4v) is 3.93. The molecule has 2 aromatic carbocycles. The number of primary amides is 1. The summed E-state index contributed by atoms with van der Waals surface area (Å²) in [5.41, 5.74) is 23.6. The number of rotatable bonds is 15. The van der Waals surface area contributed by atoms with Crippen molar-refractivity contribution in [3.63, 3.8) is 0 Å². The molecule has 0 heterocycles. The lowest BCUT2D eigenvalue weighted by Gasteiger charge is -2.24. The smallest absolute Gasteiger partial charge is 0.243 e. The molecule has 0 saturated carbocycles. The van der Waals surface area contributed by atoms with Gasteiger partial charge in [0, 0.05) is 25.6 Å². The Hall–Kier alpha value is -4.94. The first-order valence-electron chi connectivity index (χ1n) is 12.7.